The molecule has 2 heterocycles. The summed E-state index contributed by atoms with van der Waals surface area (Å²) in [5.41, 5.74) is 1.06. The van der Waals surface area contributed by atoms with Crippen molar-refractivity contribution >= 4 is 23.0 Å². The fourth-order valence-electron chi connectivity index (χ4n) is 2.05. The standard InChI is InChI=1S/C15H23N5S/c1-5-7-12-19-14(16-6-2)11(4)15(20-12)18-9-13-17-8-10(3)21-13/h8H,5-7,9H2,1-4H3,(H2,16,18,19,20). The van der Waals surface area contributed by atoms with Gasteiger partial charge < -0.3 is 10.6 Å². The van der Waals surface area contributed by atoms with Gasteiger partial charge in [-0.15, -0.1) is 11.3 Å². The quantitative estimate of drug-likeness (QED) is 0.819. The predicted molar refractivity (Wildman–Crippen MR) is 89.1 cm³/mol. The van der Waals surface area contributed by atoms with Gasteiger partial charge in [-0.25, -0.2) is 15.0 Å². The summed E-state index contributed by atoms with van der Waals surface area (Å²) >= 11 is 1.71. The lowest BCUT2D eigenvalue weighted by molar-refractivity contribution is 0.829. The number of anilines is 2. The molecule has 0 radical (unpaired) electrons. The van der Waals surface area contributed by atoms with E-state index in [1.165, 1.54) is 4.88 Å². The summed E-state index contributed by atoms with van der Waals surface area (Å²) < 4.78 is 0. The molecular formula is C15H23N5S. The van der Waals surface area contributed by atoms with Crippen LogP contribution >= 0.6 is 11.3 Å². The molecule has 0 spiro atoms. The SMILES string of the molecule is CCCc1nc(NCC)c(C)c(NCc2ncc(C)s2)n1. The first-order valence-electron chi connectivity index (χ1n) is 7.40. The van der Waals surface area contributed by atoms with E-state index in [9.17, 15) is 0 Å². The number of nitrogens with zero attached hydrogens (tertiary/aromatic N) is 3. The van der Waals surface area contributed by atoms with Crippen LogP contribution in [0.15, 0.2) is 6.20 Å². The second-order valence-electron chi connectivity index (χ2n) is 4.96. The molecular weight excluding hydrogens is 282 g/mol. The van der Waals surface area contributed by atoms with E-state index < -0.39 is 0 Å². The number of thiazole rings is 1. The van der Waals surface area contributed by atoms with Crippen molar-refractivity contribution in [3.05, 3.63) is 27.5 Å². The second-order valence-corrected chi connectivity index (χ2v) is 6.28. The summed E-state index contributed by atoms with van der Waals surface area (Å²) in [5, 5.41) is 7.79. The van der Waals surface area contributed by atoms with E-state index in [1.54, 1.807) is 11.3 Å². The maximum Gasteiger partial charge on any atom is 0.135 e. The van der Waals surface area contributed by atoms with Crippen LogP contribution in [0.5, 0.6) is 0 Å². The third-order valence-corrected chi connectivity index (χ3v) is 4.00. The molecule has 2 aromatic rings. The van der Waals surface area contributed by atoms with Crippen molar-refractivity contribution in [3.8, 4) is 0 Å². The molecule has 114 valence electrons. The Labute approximate surface area is 130 Å². The minimum absolute atomic E-state index is 0.702. The normalized spacial score (nSPS) is 10.7. The first-order chi connectivity index (χ1) is 10.1. The lowest BCUT2D eigenvalue weighted by atomic mass is 10.2. The van der Waals surface area contributed by atoms with E-state index in [-0.39, 0.29) is 0 Å². The van der Waals surface area contributed by atoms with Gasteiger partial charge in [0, 0.05) is 29.6 Å². The lowest BCUT2D eigenvalue weighted by Gasteiger charge is -2.14. The molecule has 2 rings (SSSR count). The van der Waals surface area contributed by atoms with Crippen LogP contribution in [0.2, 0.25) is 0 Å². The zero-order valence-electron chi connectivity index (χ0n) is 13.2. The van der Waals surface area contributed by atoms with Crippen LogP contribution in [0.1, 0.15) is 41.5 Å². The highest BCUT2D eigenvalue weighted by Gasteiger charge is 2.10. The van der Waals surface area contributed by atoms with Crippen LogP contribution in [-0.4, -0.2) is 21.5 Å². The topological polar surface area (TPSA) is 62.7 Å². The van der Waals surface area contributed by atoms with Crippen molar-refractivity contribution < 1.29 is 0 Å². The van der Waals surface area contributed by atoms with Crippen molar-refractivity contribution in [2.75, 3.05) is 17.2 Å². The molecule has 0 aromatic carbocycles. The zero-order chi connectivity index (χ0) is 15.2. The molecule has 0 saturated heterocycles. The monoisotopic (exact) mass is 305 g/mol. The van der Waals surface area contributed by atoms with E-state index in [4.69, 9.17) is 0 Å². The summed E-state index contributed by atoms with van der Waals surface area (Å²) in [6, 6.07) is 0. The molecule has 0 bridgehead atoms. The first kappa shape index (κ1) is 15.7. The Balaban J connectivity index is 2.19. The Kier molecular flexibility index (Phi) is 5.50. The number of aromatic nitrogens is 3. The summed E-state index contributed by atoms with van der Waals surface area (Å²) in [7, 11) is 0. The predicted octanol–water partition coefficient (Wildman–Crippen LogP) is 3.55. The molecule has 0 aliphatic rings. The van der Waals surface area contributed by atoms with Crippen molar-refractivity contribution in [2.24, 2.45) is 0 Å². The Morgan fingerprint density at radius 2 is 1.81 bits per heavy atom. The highest BCUT2D eigenvalue weighted by Crippen LogP contribution is 2.22. The maximum absolute atomic E-state index is 4.64. The number of hydrogen-bond donors (Lipinski definition) is 2. The van der Waals surface area contributed by atoms with Gasteiger partial charge in [0.05, 0.1) is 6.54 Å². The van der Waals surface area contributed by atoms with Gasteiger partial charge in [0.25, 0.3) is 0 Å². The molecule has 2 N–H and O–H groups in total. The van der Waals surface area contributed by atoms with Gasteiger partial charge in [-0.3, -0.25) is 0 Å². The third kappa shape index (κ3) is 4.14. The molecule has 0 aliphatic carbocycles. The molecule has 0 aliphatic heterocycles. The van der Waals surface area contributed by atoms with Gasteiger partial charge in [0.15, 0.2) is 0 Å². The number of hydrogen-bond acceptors (Lipinski definition) is 6. The molecule has 2 aromatic heterocycles. The Hall–Kier alpha value is -1.69. The molecule has 0 saturated carbocycles. The molecule has 21 heavy (non-hydrogen) atoms. The summed E-state index contributed by atoms with van der Waals surface area (Å²) in [6.45, 7) is 9.89. The van der Waals surface area contributed by atoms with Crippen molar-refractivity contribution in [3.63, 3.8) is 0 Å². The zero-order valence-corrected chi connectivity index (χ0v) is 14.0. The van der Waals surface area contributed by atoms with E-state index in [0.717, 1.165) is 47.4 Å². The first-order valence-corrected chi connectivity index (χ1v) is 8.22. The van der Waals surface area contributed by atoms with Gasteiger partial charge in [0.2, 0.25) is 0 Å². The Bertz CT molecular complexity index is 594. The highest BCUT2D eigenvalue weighted by molar-refractivity contribution is 7.11. The third-order valence-electron chi connectivity index (χ3n) is 3.09. The van der Waals surface area contributed by atoms with Gasteiger partial charge in [-0.2, -0.15) is 0 Å². The van der Waals surface area contributed by atoms with E-state index in [1.807, 2.05) is 13.1 Å². The van der Waals surface area contributed by atoms with Gasteiger partial charge in [-0.05, 0) is 27.2 Å². The Morgan fingerprint density at radius 1 is 1.10 bits per heavy atom. The van der Waals surface area contributed by atoms with Gasteiger partial charge in [-0.1, -0.05) is 6.92 Å². The van der Waals surface area contributed by atoms with Crippen molar-refractivity contribution in [2.45, 2.75) is 47.1 Å². The molecule has 6 heteroatoms. The second kappa shape index (κ2) is 7.36. The summed E-state index contributed by atoms with van der Waals surface area (Å²) in [4.78, 5) is 14.8. The molecule has 0 fully saturated rings. The van der Waals surface area contributed by atoms with E-state index >= 15 is 0 Å². The van der Waals surface area contributed by atoms with Crippen molar-refractivity contribution in [1.29, 1.82) is 0 Å². The number of rotatable bonds is 7. The molecule has 5 nitrogen and oxygen atoms in total. The van der Waals surface area contributed by atoms with Gasteiger partial charge >= 0.3 is 0 Å². The minimum Gasteiger partial charge on any atom is -0.370 e. The maximum atomic E-state index is 4.64. The fraction of sp³-hybridized carbons (Fsp3) is 0.533. The van der Waals surface area contributed by atoms with E-state index in [2.05, 4.69) is 46.4 Å². The van der Waals surface area contributed by atoms with Crippen molar-refractivity contribution in [1.82, 2.24) is 15.0 Å². The average Bonchev–Trinajstić information content (AvgIpc) is 2.87. The summed E-state index contributed by atoms with van der Waals surface area (Å²) in [6.07, 6.45) is 3.84. The lowest BCUT2D eigenvalue weighted by Crippen LogP contribution is -2.11. The largest absolute Gasteiger partial charge is 0.370 e. The minimum atomic E-state index is 0.702. The van der Waals surface area contributed by atoms with Crippen LogP contribution < -0.4 is 10.6 Å². The fourth-order valence-corrected chi connectivity index (χ4v) is 2.78. The average molecular weight is 305 g/mol. The van der Waals surface area contributed by atoms with Crippen LogP contribution in [0.25, 0.3) is 0 Å². The smallest absolute Gasteiger partial charge is 0.135 e. The van der Waals surface area contributed by atoms with Crippen LogP contribution in [0, 0.1) is 13.8 Å². The number of aryl methyl sites for hydroxylation is 2. The molecule has 0 unspecified atom stereocenters. The highest BCUT2D eigenvalue weighted by atomic mass is 32.1. The molecule has 0 amide bonds. The van der Waals surface area contributed by atoms with Crippen LogP contribution in [-0.2, 0) is 13.0 Å². The summed E-state index contributed by atoms with van der Waals surface area (Å²) in [5.74, 6) is 2.71. The Morgan fingerprint density at radius 3 is 2.38 bits per heavy atom. The number of nitrogens with one attached hydrogen (secondary N) is 2. The van der Waals surface area contributed by atoms with E-state index in [0.29, 0.717) is 6.54 Å². The molecule has 0 atom stereocenters. The van der Waals surface area contributed by atoms with Gasteiger partial charge in [0.1, 0.15) is 22.5 Å². The van der Waals surface area contributed by atoms with Crippen LogP contribution in [0.4, 0.5) is 11.6 Å². The van der Waals surface area contributed by atoms with Crippen LogP contribution in [0.3, 0.4) is 0 Å².